The number of aromatic nitrogens is 1. The molecule has 2 saturated carbocycles. The quantitative estimate of drug-likeness (QED) is 0.639. The highest BCUT2D eigenvalue weighted by Gasteiger charge is 2.58. The average Bonchev–Trinajstić information content (AvgIpc) is 2.99. The van der Waals surface area contributed by atoms with Crippen LogP contribution in [0.4, 0.5) is 0 Å². The van der Waals surface area contributed by atoms with Crippen molar-refractivity contribution in [1.29, 1.82) is 0 Å². The average molecular weight is 396 g/mol. The highest BCUT2D eigenvalue weighted by molar-refractivity contribution is 5.73. The van der Waals surface area contributed by atoms with E-state index in [1.54, 1.807) is 13.3 Å². The van der Waals surface area contributed by atoms with Gasteiger partial charge in [0.2, 0.25) is 0 Å². The topological polar surface area (TPSA) is 48.4 Å². The third kappa shape index (κ3) is 2.85. The summed E-state index contributed by atoms with van der Waals surface area (Å²) in [5.74, 6) is 3.51. The van der Waals surface area contributed by atoms with Gasteiger partial charge in [0.25, 0.3) is 0 Å². The summed E-state index contributed by atoms with van der Waals surface area (Å²) in [4.78, 5) is 16.5. The van der Waals surface area contributed by atoms with E-state index in [-0.39, 0.29) is 16.8 Å². The van der Waals surface area contributed by atoms with Crippen molar-refractivity contribution in [3.05, 3.63) is 30.1 Å². The standard InChI is InChI=1S/C25H33NO3/c1-24-10-11-29-23(27)13-17(24)4-5-19-21-7-6-20(25(21,2)9-8-22(19)24)16-12-18(28-3)15-26-14-16/h6,12,14-15,17,19,21-22H,4-5,7-11,13H2,1-3H3/t17?,19-,21?,22?,24-,25+/m0/s1. The summed E-state index contributed by atoms with van der Waals surface area (Å²) in [5.41, 5.74) is 3.16. The van der Waals surface area contributed by atoms with E-state index in [1.165, 1.54) is 43.2 Å². The number of ether oxygens (including phenoxy) is 2. The molecule has 4 heteroatoms. The van der Waals surface area contributed by atoms with E-state index in [9.17, 15) is 4.79 Å². The minimum Gasteiger partial charge on any atom is -0.495 e. The molecule has 4 aliphatic rings. The maximum Gasteiger partial charge on any atom is 0.306 e. The van der Waals surface area contributed by atoms with Crippen molar-refractivity contribution in [1.82, 2.24) is 4.98 Å². The predicted octanol–water partition coefficient (Wildman–Crippen LogP) is 5.28. The minimum atomic E-state index is 0.0215. The molecule has 3 unspecified atom stereocenters. The number of allylic oxidation sites excluding steroid dienone is 2. The van der Waals surface area contributed by atoms with Gasteiger partial charge in [0, 0.05) is 12.6 Å². The van der Waals surface area contributed by atoms with Crippen LogP contribution in [0, 0.1) is 34.5 Å². The van der Waals surface area contributed by atoms with Crippen LogP contribution in [-0.2, 0) is 9.53 Å². The monoisotopic (exact) mass is 395 g/mol. The van der Waals surface area contributed by atoms with E-state index < -0.39 is 0 Å². The third-order valence-electron chi connectivity index (χ3n) is 9.22. The fourth-order valence-electron chi connectivity index (χ4n) is 7.60. The van der Waals surface area contributed by atoms with Gasteiger partial charge >= 0.3 is 5.97 Å². The zero-order valence-corrected chi connectivity index (χ0v) is 17.9. The molecule has 1 aromatic heterocycles. The molecule has 4 nitrogen and oxygen atoms in total. The molecule has 2 heterocycles. The van der Waals surface area contributed by atoms with E-state index in [0.717, 1.165) is 18.1 Å². The Balaban J connectivity index is 1.44. The van der Waals surface area contributed by atoms with Crippen LogP contribution in [0.5, 0.6) is 5.75 Å². The molecule has 1 saturated heterocycles. The largest absolute Gasteiger partial charge is 0.495 e. The van der Waals surface area contributed by atoms with Gasteiger partial charge in [-0.1, -0.05) is 19.9 Å². The van der Waals surface area contributed by atoms with Crippen LogP contribution >= 0.6 is 0 Å². The summed E-state index contributed by atoms with van der Waals surface area (Å²) in [6, 6.07) is 2.14. The summed E-state index contributed by atoms with van der Waals surface area (Å²) >= 11 is 0. The van der Waals surface area contributed by atoms with Crippen molar-refractivity contribution in [2.45, 2.75) is 58.8 Å². The molecule has 5 rings (SSSR count). The Morgan fingerprint density at radius 1 is 1.14 bits per heavy atom. The Bertz CT molecular complexity index is 848. The smallest absolute Gasteiger partial charge is 0.306 e. The summed E-state index contributed by atoms with van der Waals surface area (Å²) in [5, 5.41) is 0. The molecular formula is C25H33NO3. The number of fused-ring (bicyclic) bond motifs is 5. The number of pyridine rings is 1. The van der Waals surface area contributed by atoms with Gasteiger partial charge in [-0.3, -0.25) is 9.78 Å². The molecule has 0 radical (unpaired) electrons. The summed E-state index contributed by atoms with van der Waals surface area (Å²) in [6.07, 6.45) is 14.0. The van der Waals surface area contributed by atoms with Crippen LogP contribution in [0.3, 0.4) is 0 Å². The zero-order chi connectivity index (χ0) is 20.2. The van der Waals surface area contributed by atoms with Gasteiger partial charge in [-0.15, -0.1) is 0 Å². The lowest BCUT2D eigenvalue weighted by Gasteiger charge is -2.58. The number of cyclic esters (lactones) is 1. The van der Waals surface area contributed by atoms with E-state index in [4.69, 9.17) is 9.47 Å². The van der Waals surface area contributed by atoms with Crippen LogP contribution in [0.25, 0.3) is 5.57 Å². The number of nitrogens with zero attached hydrogens (tertiary/aromatic N) is 1. The third-order valence-corrected chi connectivity index (χ3v) is 9.22. The van der Waals surface area contributed by atoms with Crippen LogP contribution in [-0.4, -0.2) is 24.7 Å². The first-order valence-electron chi connectivity index (χ1n) is 11.3. The number of methoxy groups -OCH3 is 1. The minimum absolute atomic E-state index is 0.0215. The SMILES string of the molecule is COc1cncc(C2=CCC3[C@@H]4CCC5CC(=O)OCC[C@]5(C)C4CC[C@]23C)c1. The molecule has 0 amide bonds. The Hall–Kier alpha value is -1.84. The van der Waals surface area contributed by atoms with Crippen molar-refractivity contribution < 1.29 is 14.3 Å². The highest BCUT2D eigenvalue weighted by atomic mass is 16.5. The lowest BCUT2D eigenvalue weighted by molar-refractivity contribution is -0.143. The number of rotatable bonds is 2. The molecule has 0 aromatic carbocycles. The predicted molar refractivity (Wildman–Crippen MR) is 112 cm³/mol. The van der Waals surface area contributed by atoms with Gasteiger partial charge < -0.3 is 9.47 Å². The molecule has 1 aromatic rings. The molecule has 3 fully saturated rings. The maximum absolute atomic E-state index is 12.1. The first-order valence-corrected chi connectivity index (χ1v) is 11.3. The number of carbonyl (C=O) groups excluding carboxylic acids is 1. The van der Waals surface area contributed by atoms with E-state index in [2.05, 4.69) is 31.0 Å². The first kappa shape index (κ1) is 19.1. The molecule has 3 aliphatic carbocycles. The number of hydrogen-bond acceptors (Lipinski definition) is 4. The highest BCUT2D eigenvalue weighted by Crippen LogP contribution is 2.66. The molecular weight excluding hydrogens is 362 g/mol. The fourth-order valence-corrected chi connectivity index (χ4v) is 7.60. The number of hydrogen-bond donors (Lipinski definition) is 0. The fraction of sp³-hybridized carbons (Fsp3) is 0.680. The van der Waals surface area contributed by atoms with Gasteiger partial charge in [0.15, 0.2) is 0 Å². The number of carbonyl (C=O) groups is 1. The van der Waals surface area contributed by atoms with Gasteiger partial charge in [-0.05, 0) is 90.2 Å². The Morgan fingerprint density at radius 3 is 2.83 bits per heavy atom. The molecule has 0 N–H and O–H groups in total. The second kappa shape index (κ2) is 6.85. The van der Waals surface area contributed by atoms with Crippen LogP contribution < -0.4 is 4.74 Å². The van der Waals surface area contributed by atoms with Crippen molar-refractivity contribution in [3.8, 4) is 5.75 Å². The van der Waals surface area contributed by atoms with Crippen molar-refractivity contribution in [2.24, 2.45) is 34.5 Å². The van der Waals surface area contributed by atoms with Gasteiger partial charge in [0.1, 0.15) is 5.75 Å². The molecule has 156 valence electrons. The van der Waals surface area contributed by atoms with Crippen molar-refractivity contribution in [2.75, 3.05) is 13.7 Å². The van der Waals surface area contributed by atoms with Crippen LogP contribution in [0.15, 0.2) is 24.5 Å². The molecule has 6 atom stereocenters. The van der Waals surface area contributed by atoms with Gasteiger partial charge in [0.05, 0.1) is 19.9 Å². The lowest BCUT2D eigenvalue weighted by atomic mass is 9.46. The first-order chi connectivity index (χ1) is 14.0. The van der Waals surface area contributed by atoms with Gasteiger partial charge in [-0.2, -0.15) is 0 Å². The van der Waals surface area contributed by atoms with E-state index >= 15 is 0 Å². The van der Waals surface area contributed by atoms with Crippen LogP contribution in [0.2, 0.25) is 0 Å². The van der Waals surface area contributed by atoms with Crippen LogP contribution in [0.1, 0.15) is 64.4 Å². The summed E-state index contributed by atoms with van der Waals surface area (Å²) < 4.78 is 10.9. The molecule has 29 heavy (non-hydrogen) atoms. The van der Waals surface area contributed by atoms with E-state index in [0.29, 0.717) is 30.8 Å². The maximum atomic E-state index is 12.1. The molecule has 1 aliphatic heterocycles. The second-order valence-corrected chi connectivity index (χ2v) is 10.3. The molecule has 0 bridgehead atoms. The van der Waals surface area contributed by atoms with E-state index in [1.807, 2.05) is 6.20 Å². The number of esters is 1. The van der Waals surface area contributed by atoms with Gasteiger partial charge in [-0.25, -0.2) is 0 Å². The van der Waals surface area contributed by atoms with Crippen molar-refractivity contribution in [3.63, 3.8) is 0 Å². The normalized spacial score (nSPS) is 41.3. The summed E-state index contributed by atoms with van der Waals surface area (Å²) in [6.45, 7) is 5.56. The Morgan fingerprint density at radius 2 is 2.00 bits per heavy atom. The molecule has 0 spiro atoms. The summed E-state index contributed by atoms with van der Waals surface area (Å²) in [7, 11) is 1.71. The second-order valence-electron chi connectivity index (χ2n) is 10.3. The Labute approximate surface area is 174 Å². The zero-order valence-electron chi connectivity index (χ0n) is 17.9. The Kier molecular flexibility index (Phi) is 4.52. The lowest BCUT2D eigenvalue weighted by Crippen LogP contribution is -2.51. The van der Waals surface area contributed by atoms with Crippen molar-refractivity contribution >= 4 is 11.5 Å².